The number of hydrogen-bond acceptors (Lipinski definition) is 6. The van der Waals surface area contributed by atoms with Gasteiger partial charge in [-0.15, -0.1) is 0 Å². The zero-order valence-electron chi connectivity index (χ0n) is 12.3. The molecule has 20 heavy (non-hydrogen) atoms. The highest BCUT2D eigenvalue weighted by Gasteiger charge is 2.26. The fraction of sp³-hybridized carbons (Fsp3) is 0.385. The molecule has 2 N–H and O–H groups in total. The van der Waals surface area contributed by atoms with Gasteiger partial charge >= 0.3 is 11.9 Å². The first-order valence-corrected chi connectivity index (χ1v) is 9.40. The number of methoxy groups -OCH3 is 2. The van der Waals surface area contributed by atoms with Crippen LogP contribution in [-0.4, -0.2) is 34.5 Å². The third-order valence-electron chi connectivity index (χ3n) is 2.42. The Balaban J connectivity index is 3.43. The van der Waals surface area contributed by atoms with Gasteiger partial charge in [0, 0.05) is 0 Å². The minimum absolute atomic E-state index is 0.0323. The molecule has 0 aliphatic heterocycles. The molecule has 0 aliphatic rings. The van der Waals surface area contributed by atoms with Crippen molar-refractivity contribution >= 4 is 25.9 Å². The van der Waals surface area contributed by atoms with E-state index >= 15 is 0 Å². The number of hydrogen-bond donors (Lipinski definition) is 1. The van der Waals surface area contributed by atoms with Crippen molar-refractivity contribution in [3.8, 4) is 5.75 Å². The van der Waals surface area contributed by atoms with Gasteiger partial charge in [-0.05, 0) is 31.8 Å². The lowest BCUT2D eigenvalue weighted by Gasteiger charge is -2.22. The van der Waals surface area contributed by atoms with Gasteiger partial charge in [0.2, 0.25) is 8.32 Å². The van der Waals surface area contributed by atoms with E-state index in [-0.39, 0.29) is 16.8 Å². The fourth-order valence-corrected chi connectivity index (χ4v) is 2.46. The predicted octanol–water partition coefficient (Wildman–Crippen LogP) is 2.06. The minimum atomic E-state index is -1.90. The van der Waals surface area contributed by atoms with Crippen LogP contribution < -0.4 is 10.2 Å². The second-order valence-corrected chi connectivity index (χ2v) is 9.53. The maximum atomic E-state index is 11.8. The van der Waals surface area contributed by atoms with Crippen molar-refractivity contribution < 1.29 is 23.5 Å². The standard InChI is InChI=1S/C13H19NO5Si/c1-17-12(15)8-6-7-9(19-20(3,4)5)11(14)10(8)13(16)18-2/h6-7H,14H2,1-5H3. The van der Waals surface area contributed by atoms with Crippen LogP contribution in [0.5, 0.6) is 5.75 Å². The fourth-order valence-electron chi connectivity index (χ4n) is 1.62. The zero-order valence-corrected chi connectivity index (χ0v) is 13.3. The molecule has 0 aromatic heterocycles. The topological polar surface area (TPSA) is 87.9 Å². The summed E-state index contributed by atoms with van der Waals surface area (Å²) in [4.78, 5) is 23.5. The number of carbonyl (C=O) groups excluding carboxylic acids is 2. The second-order valence-electron chi connectivity index (χ2n) is 5.10. The molecule has 1 aromatic rings. The summed E-state index contributed by atoms with van der Waals surface area (Å²) in [6.07, 6.45) is 0. The van der Waals surface area contributed by atoms with E-state index in [0.29, 0.717) is 5.75 Å². The number of nitrogens with two attached hydrogens (primary N) is 1. The number of carbonyl (C=O) groups is 2. The van der Waals surface area contributed by atoms with Gasteiger partial charge in [0.25, 0.3) is 0 Å². The lowest BCUT2D eigenvalue weighted by atomic mass is 10.0. The molecule has 0 spiro atoms. The summed E-state index contributed by atoms with van der Waals surface area (Å²) in [5.74, 6) is -0.988. The van der Waals surface area contributed by atoms with Crippen molar-refractivity contribution in [1.29, 1.82) is 0 Å². The summed E-state index contributed by atoms with van der Waals surface area (Å²) in [6, 6.07) is 3.01. The van der Waals surface area contributed by atoms with Crippen LogP contribution in [0.25, 0.3) is 0 Å². The van der Waals surface area contributed by atoms with E-state index in [1.807, 2.05) is 19.6 Å². The van der Waals surface area contributed by atoms with E-state index in [1.54, 1.807) is 6.07 Å². The molecule has 0 bridgehead atoms. The van der Waals surface area contributed by atoms with Crippen LogP contribution in [-0.2, 0) is 9.47 Å². The number of rotatable bonds is 4. The van der Waals surface area contributed by atoms with E-state index in [9.17, 15) is 9.59 Å². The Morgan fingerprint density at radius 2 is 1.60 bits per heavy atom. The Kier molecular flexibility index (Phi) is 4.77. The summed E-state index contributed by atoms with van der Waals surface area (Å²) in [5, 5.41) is 0. The van der Waals surface area contributed by atoms with Gasteiger partial charge in [-0.1, -0.05) is 0 Å². The summed E-state index contributed by atoms with van der Waals surface area (Å²) in [5.41, 5.74) is 6.06. The highest BCUT2D eigenvalue weighted by atomic mass is 28.4. The van der Waals surface area contributed by atoms with Gasteiger partial charge in [0.1, 0.15) is 11.3 Å². The molecule has 0 saturated heterocycles. The molecule has 0 amide bonds. The Labute approximate surface area is 118 Å². The molecule has 0 aliphatic carbocycles. The van der Waals surface area contributed by atoms with Crippen molar-refractivity contribution in [1.82, 2.24) is 0 Å². The van der Waals surface area contributed by atoms with Gasteiger partial charge in [-0.2, -0.15) is 0 Å². The predicted molar refractivity (Wildman–Crippen MR) is 77.5 cm³/mol. The summed E-state index contributed by atoms with van der Waals surface area (Å²) in [7, 11) is 0.547. The number of esters is 2. The van der Waals surface area contributed by atoms with Gasteiger partial charge in [0.15, 0.2) is 0 Å². The van der Waals surface area contributed by atoms with Gasteiger partial charge < -0.3 is 19.6 Å². The van der Waals surface area contributed by atoms with Crippen molar-refractivity contribution in [2.75, 3.05) is 20.0 Å². The number of ether oxygens (including phenoxy) is 2. The van der Waals surface area contributed by atoms with Crippen molar-refractivity contribution in [3.05, 3.63) is 23.3 Å². The van der Waals surface area contributed by atoms with Gasteiger partial charge in [0.05, 0.1) is 25.5 Å². The van der Waals surface area contributed by atoms with Crippen LogP contribution >= 0.6 is 0 Å². The first kappa shape index (κ1) is 16.0. The van der Waals surface area contributed by atoms with Crippen LogP contribution in [0.4, 0.5) is 5.69 Å². The quantitative estimate of drug-likeness (QED) is 0.520. The average molecular weight is 297 g/mol. The number of nitrogen functional groups attached to an aromatic ring is 1. The van der Waals surface area contributed by atoms with Gasteiger partial charge in [-0.3, -0.25) is 0 Å². The molecule has 0 radical (unpaired) electrons. The third kappa shape index (κ3) is 3.50. The van der Waals surface area contributed by atoms with E-state index in [1.165, 1.54) is 20.3 Å². The van der Waals surface area contributed by atoms with Crippen LogP contribution in [0.15, 0.2) is 12.1 Å². The monoisotopic (exact) mass is 297 g/mol. The number of benzene rings is 1. The molecular formula is C13H19NO5Si. The van der Waals surface area contributed by atoms with Crippen molar-refractivity contribution in [2.24, 2.45) is 0 Å². The van der Waals surface area contributed by atoms with E-state index in [0.717, 1.165) is 0 Å². The lowest BCUT2D eigenvalue weighted by Crippen LogP contribution is -2.30. The maximum absolute atomic E-state index is 11.8. The zero-order chi connectivity index (χ0) is 15.5. The van der Waals surface area contributed by atoms with Crippen LogP contribution in [0.2, 0.25) is 19.6 Å². The van der Waals surface area contributed by atoms with E-state index in [4.69, 9.17) is 10.2 Å². The van der Waals surface area contributed by atoms with Crippen LogP contribution in [0.3, 0.4) is 0 Å². The average Bonchev–Trinajstić information content (AvgIpc) is 2.37. The summed E-state index contributed by atoms with van der Waals surface area (Å²) < 4.78 is 15.1. The molecule has 110 valence electrons. The SMILES string of the molecule is COC(=O)c1ccc(O[Si](C)(C)C)c(N)c1C(=O)OC. The summed E-state index contributed by atoms with van der Waals surface area (Å²) in [6.45, 7) is 5.95. The molecule has 1 rings (SSSR count). The molecular weight excluding hydrogens is 278 g/mol. The Hall–Kier alpha value is -2.02. The minimum Gasteiger partial charge on any atom is -0.543 e. The first-order valence-electron chi connectivity index (χ1n) is 5.99. The normalized spacial score (nSPS) is 10.8. The highest BCUT2D eigenvalue weighted by molar-refractivity contribution is 6.70. The molecule has 0 fully saturated rings. The molecule has 0 unspecified atom stereocenters. The first-order chi connectivity index (χ1) is 9.21. The van der Waals surface area contributed by atoms with Crippen LogP contribution in [0.1, 0.15) is 20.7 Å². The second kappa shape index (κ2) is 5.95. The molecule has 0 atom stereocenters. The van der Waals surface area contributed by atoms with E-state index in [2.05, 4.69) is 9.47 Å². The summed E-state index contributed by atoms with van der Waals surface area (Å²) >= 11 is 0. The number of anilines is 1. The molecule has 6 nitrogen and oxygen atoms in total. The Morgan fingerprint density at radius 3 is 2.05 bits per heavy atom. The third-order valence-corrected chi connectivity index (χ3v) is 3.25. The molecule has 7 heteroatoms. The Morgan fingerprint density at radius 1 is 1.05 bits per heavy atom. The Bertz CT molecular complexity index is 536. The van der Waals surface area contributed by atoms with Gasteiger partial charge in [-0.25, -0.2) is 9.59 Å². The molecule has 0 saturated carbocycles. The molecule has 1 aromatic carbocycles. The largest absolute Gasteiger partial charge is 0.543 e. The van der Waals surface area contributed by atoms with E-state index < -0.39 is 20.3 Å². The lowest BCUT2D eigenvalue weighted by molar-refractivity contribution is 0.0556. The molecule has 0 heterocycles. The highest BCUT2D eigenvalue weighted by Crippen LogP contribution is 2.31. The van der Waals surface area contributed by atoms with Crippen molar-refractivity contribution in [2.45, 2.75) is 19.6 Å². The van der Waals surface area contributed by atoms with Crippen LogP contribution in [0, 0.1) is 0 Å². The maximum Gasteiger partial charge on any atom is 0.340 e. The smallest absolute Gasteiger partial charge is 0.340 e. The van der Waals surface area contributed by atoms with Crippen molar-refractivity contribution in [3.63, 3.8) is 0 Å².